The Kier molecular flexibility index (Phi) is 4.79. The van der Waals surface area contributed by atoms with Crippen molar-refractivity contribution in [1.82, 2.24) is 0 Å². The molecule has 0 spiro atoms. The van der Waals surface area contributed by atoms with Gasteiger partial charge in [0.15, 0.2) is 0 Å². The Bertz CT molecular complexity index is 1230. The summed E-state index contributed by atoms with van der Waals surface area (Å²) in [6.45, 7) is 0. The number of fused-ring (bicyclic) bond motifs is 1. The summed E-state index contributed by atoms with van der Waals surface area (Å²) in [5.41, 5.74) is 5.38. The predicted molar refractivity (Wildman–Crippen MR) is 130 cm³/mol. The number of hydrogen-bond acceptors (Lipinski definition) is 3. The van der Waals surface area contributed by atoms with Crippen molar-refractivity contribution in [1.29, 1.82) is 0 Å². The highest BCUT2D eigenvalue weighted by atomic mass is 16.5. The third-order valence-corrected chi connectivity index (χ3v) is 8.44. The molecule has 4 aliphatic rings. The minimum Gasteiger partial charge on any atom is -0.465 e. The Labute approximate surface area is 194 Å². The van der Waals surface area contributed by atoms with Gasteiger partial charge >= 0.3 is 5.97 Å². The number of methoxy groups -OCH3 is 1. The molecular formula is C29H29NO3. The lowest BCUT2D eigenvalue weighted by Gasteiger charge is -2.57. The van der Waals surface area contributed by atoms with Crippen molar-refractivity contribution < 1.29 is 14.3 Å². The van der Waals surface area contributed by atoms with E-state index < -0.39 is 0 Å². The largest absolute Gasteiger partial charge is 0.465 e. The molecule has 0 radical (unpaired) electrons. The van der Waals surface area contributed by atoms with Crippen LogP contribution >= 0.6 is 0 Å². The Morgan fingerprint density at radius 2 is 1.48 bits per heavy atom. The normalized spacial score (nSPS) is 27.5. The summed E-state index contributed by atoms with van der Waals surface area (Å²) in [6, 6.07) is 18.6. The molecule has 0 saturated heterocycles. The van der Waals surface area contributed by atoms with Crippen LogP contribution in [0.15, 0.2) is 54.6 Å². The van der Waals surface area contributed by atoms with Gasteiger partial charge < -0.3 is 10.1 Å². The standard InChI is InChI=1S/C29H29NO3/c1-33-28(32)25-5-4-21-11-22(2-3-23(21)12-25)24-6-7-27(30-17-31)26(13-24)29-14-18-8-19(15-29)10-20(9-18)16-29/h2-7,11-13,17-20H,8-10,14-16H2,1H3,(H,30,31). The van der Waals surface area contributed by atoms with Crippen molar-refractivity contribution in [3.63, 3.8) is 0 Å². The third-order valence-electron chi connectivity index (χ3n) is 8.44. The summed E-state index contributed by atoms with van der Waals surface area (Å²) in [4.78, 5) is 23.3. The lowest BCUT2D eigenvalue weighted by Crippen LogP contribution is -2.48. The predicted octanol–water partition coefficient (Wildman–Crippen LogP) is 6.33. The van der Waals surface area contributed by atoms with Crippen LogP contribution in [-0.2, 0) is 14.9 Å². The second kappa shape index (κ2) is 7.72. The first-order valence-electron chi connectivity index (χ1n) is 12.0. The van der Waals surface area contributed by atoms with Gasteiger partial charge in [-0.3, -0.25) is 4.79 Å². The van der Waals surface area contributed by atoms with Crippen LogP contribution in [0, 0.1) is 17.8 Å². The van der Waals surface area contributed by atoms with Crippen LogP contribution in [0.25, 0.3) is 21.9 Å². The SMILES string of the molecule is COC(=O)c1ccc2cc(-c3ccc(NC=O)c(C45CC6CC(CC(C6)C4)C5)c3)ccc2c1. The molecular weight excluding hydrogens is 410 g/mol. The number of nitrogens with one attached hydrogen (secondary N) is 1. The summed E-state index contributed by atoms with van der Waals surface area (Å²) < 4.78 is 4.85. The van der Waals surface area contributed by atoms with Gasteiger partial charge in [0.25, 0.3) is 0 Å². The number of benzene rings is 3. The van der Waals surface area contributed by atoms with Crippen molar-refractivity contribution in [3.05, 3.63) is 65.7 Å². The van der Waals surface area contributed by atoms with Crippen LogP contribution in [0.2, 0.25) is 0 Å². The van der Waals surface area contributed by atoms with Crippen molar-refractivity contribution in [2.75, 3.05) is 12.4 Å². The number of ether oxygens (including phenoxy) is 1. The van der Waals surface area contributed by atoms with Gasteiger partial charge in [0, 0.05) is 5.69 Å². The van der Waals surface area contributed by atoms with E-state index in [1.54, 1.807) is 0 Å². The first-order valence-corrected chi connectivity index (χ1v) is 12.0. The maximum Gasteiger partial charge on any atom is 0.337 e. The van der Waals surface area contributed by atoms with E-state index in [9.17, 15) is 9.59 Å². The minimum absolute atomic E-state index is 0.197. The maximum atomic E-state index is 11.9. The lowest BCUT2D eigenvalue weighted by molar-refractivity contribution is -0.105. The highest BCUT2D eigenvalue weighted by Crippen LogP contribution is 2.61. The van der Waals surface area contributed by atoms with E-state index >= 15 is 0 Å². The number of amides is 1. The molecule has 0 unspecified atom stereocenters. The lowest BCUT2D eigenvalue weighted by atomic mass is 9.48. The van der Waals surface area contributed by atoms with Crippen molar-refractivity contribution in [2.24, 2.45) is 17.8 Å². The average molecular weight is 440 g/mol. The van der Waals surface area contributed by atoms with Crippen LogP contribution < -0.4 is 5.32 Å². The number of anilines is 1. The van der Waals surface area contributed by atoms with Gasteiger partial charge in [-0.1, -0.05) is 24.3 Å². The minimum atomic E-state index is -0.320. The van der Waals surface area contributed by atoms with Crippen LogP contribution in [0.3, 0.4) is 0 Å². The smallest absolute Gasteiger partial charge is 0.337 e. The number of carbonyl (C=O) groups is 2. The topological polar surface area (TPSA) is 55.4 Å². The first kappa shape index (κ1) is 20.5. The Morgan fingerprint density at radius 3 is 2.15 bits per heavy atom. The third kappa shape index (κ3) is 3.43. The van der Waals surface area contributed by atoms with Crippen LogP contribution in [0.5, 0.6) is 0 Å². The van der Waals surface area contributed by atoms with Crippen LogP contribution in [0.1, 0.15) is 54.4 Å². The fourth-order valence-electron chi connectivity index (χ4n) is 7.46. The quantitative estimate of drug-likeness (QED) is 0.373. The van der Waals surface area contributed by atoms with Crippen LogP contribution in [0.4, 0.5) is 5.69 Å². The van der Waals surface area contributed by atoms with E-state index in [4.69, 9.17) is 4.74 Å². The summed E-state index contributed by atoms with van der Waals surface area (Å²) in [5.74, 6) is 2.20. The van der Waals surface area contributed by atoms with E-state index in [1.807, 2.05) is 18.2 Å². The molecule has 4 bridgehead atoms. The first-order chi connectivity index (χ1) is 16.1. The van der Waals surface area contributed by atoms with Crippen molar-refractivity contribution in [2.45, 2.75) is 43.9 Å². The molecule has 7 rings (SSSR count). The zero-order valence-electron chi connectivity index (χ0n) is 19.0. The van der Waals surface area contributed by atoms with Gasteiger partial charge in [-0.2, -0.15) is 0 Å². The van der Waals surface area contributed by atoms with Gasteiger partial charge in [0.05, 0.1) is 12.7 Å². The maximum absolute atomic E-state index is 11.9. The van der Waals surface area contributed by atoms with E-state index in [2.05, 4.69) is 41.7 Å². The Hall–Kier alpha value is -3.14. The molecule has 4 aliphatic carbocycles. The molecule has 1 N–H and O–H groups in total. The van der Waals surface area contributed by atoms with Gasteiger partial charge in [-0.05, 0) is 119 Å². The summed E-state index contributed by atoms with van der Waals surface area (Å²) in [5, 5.41) is 5.11. The molecule has 168 valence electrons. The monoisotopic (exact) mass is 439 g/mol. The van der Waals surface area contributed by atoms with Crippen LogP contribution in [-0.4, -0.2) is 19.5 Å². The second-order valence-corrected chi connectivity index (χ2v) is 10.5. The fraction of sp³-hybridized carbons (Fsp3) is 0.379. The van der Waals surface area contributed by atoms with E-state index in [-0.39, 0.29) is 11.4 Å². The Balaban J connectivity index is 1.42. The molecule has 4 fully saturated rings. The molecule has 4 heteroatoms. The number of hydrogen-bond donors (Lipinski definition) is 1. The molecule has 1 amide bonds. The molecule has 4 nitrogen and oxygen atoms in total. The van der Waals surface area contributed by atoms with Gasteiger partial charge in [-0.25, -0.2) is 4.79 Å². The fourth-order valence-corrected chi connectivity index (χ4v) is 7.46. The zero-order chi connectivity index (χ0) is 22.6. The molecule has 3 aromatic carbocycles. The molecule has 0 heterocycles. The summed E-state index contributed by atoms with van der Waals surface area (Å²) in [6.07, 6.45) is 8.76. The molecule has 0 atom stereocenters. The molecule has 4 saturated carbocycles. The van der Waals surface area contributed by atoms with Gasteiger partial charge in [0.1, 0.15) is 0 Å². The summed E-state index contributed by atoms with van der Waals surface area (Å²) >= 11 is 0. The van der Waals surface area contributed by atoms with Gasteiger partial charge in [-0.15, -0.1) is 0 Å². The van der Waals surface area contributed by atoms with E-state index in [0.29, 0.717) is 5.56 Å². The highest BCUT2D eigenvalue weighted by Gasteiger charge is 2.52. The van der Waals surface area contributed by atoms with Crippen molar-refractivity contribution in [3.8, 4) is 11.1 Å². The van der Waals surface area contributed by atoms with E-state index in [1.165, 1.54) is 56.8 Å². The van der Waals surface area contributed by atoms with Gasteiger partial charge in [0.2, 0.25) is 6.41 Å². The Morgan fingerprint density at radius 1 is 0.879 bits per heavy atom. The second-order valence-electron chi connectivity index (χ2n) is 10.5. The van der Waals surface area contributed by atoms with E-state index in [0.717, 1.165) is 46.2 Å². The average Bonchev–Trinajstić information content (AvgIpc) is 2.82. The number of carbonyl (C=O) groups excluding carboxylic acids is 2. The molecule has 33 heavy (non-hydrogen) atoms. The molecule has 3 aromatic rings. The zero-order valence-corrected chi connectivity index (χ0v) is 19.0. The number of rotatable bonds is 5. The number of esters is 1. The molecule has 0 aromatic heterocycles. The van der Waals surface area contributed by atoms with Crippen molar-refractivity contribution >= 4 is 28.8 Å². The summed E-state index contributed by atoms with van der Waals surface area (Å²) in [7, 11) is 1.40. The highest BCUT2D eigenvalue weighted by molar-refractivity contribution is 5.96. The molecule has 0 aliphatic heterocycles.